The second-order valence-electron chi connectivity index (χ2n) is 6.54. The van der Waals surface area contributed by atoms with Crippen molar-refractivity contribution in [3.05, 3.63) is 23.2 Å². The quantitative estimate of drug-likeness (QED) is 0.838. The van der Waals surface area contributed by atoms with Crippen LogP contribution in [-0.4, -0.2) is 30.4 Å². The van der Waals surface area contributed by atoms with E-state index >= 15 is 0 Å². The standard InChI is InChI=1S/C16H24ClN3O/c1-16(2)6-9-20(10-7-16)8-5-15(21)19-14-11-12(17)3-4-13(14)18/h3-4,11H,5-10,18H2,1-2H3,(H,19,21). The minimum atomic E-state index is -0.0196. The van der Waals surface area contributed by atoms with Gasteiger partial charge in [-0.2, -0.15) is 0 Å². The summed E-state index contributed by atoms with van der Waals surface area (Å²) < 4.78 is 0. The van der Waals surface area contributed by atoms with E-state index in [9.17, 15) is 4.79 Å². The third-order valence-corrected chi connectivity index (χ3v) is 4.39. The number of halogens is 1. The van der Waals surface area contributed by atoms with Gasteiger partial charge in [0.25, 0.3) is 0 Å². The van der Waals surface area contributed by atoms with Crippen molar-refractivity contribution in [2.24, 2.45) is 5.41 Å². The number of nitrogen functional groups attached to an aromatic ring is 1. The molecule has 1 heterocycles. The van der Waals surface area contributed by atoms with Gasteiger partial charge in [-0.05, 0) is 49.5 Å². The van der Waals surface area contributed by atoms with E-state index < -0.39 is 0 Å². The maximum absolute atomic E-state index is 12.0. The van der Waals surface area contributed by atoms with Crippen molar-refractivity contribution in [1.82, 2.24) is 4.90 Å². The van der Waals surface area contributed by atoms with Crippen molar-refractivity contribution < 1.29 is 4.79 Å². The average molecular weight is 310 g/mol. The molecule has 116 valence electrons. The Balaban J connectivity index is 1.79. The highest BCUT2D eigenvalue weighted by Gasteiger charge is 2.25. The number of nitrogens with zero attached hydrogens (tertiary/aromatic N) is 1. The summed E-state index contributed by atoms with van der Waals surface area (Å²) in [5.74, 6) is -0.0196. The van der Waals surface area contributed by atoms with Crippen molar-refractivity contribution in [1.29, 1.82) is 0 Å². The van der Waals surface area contributed by atoms with Crippen LogP contribution in [0.15, 0.2) is 18.2 Å². The Morgan fingerprint density at radius 1 is 1.38 bits per heavy atom. The Kier molecular flexibility index (Phi) is 5.12. The second kappa shape index (κ2) is 6.67. The summed E-state index contributed by atoms with van der Waals surface area (Å²) in [6, 6.07) is 5.09. The van der Waals surface area contributed by atoms with Crippen molar-refractivity contribution >= 4 is 28.9 Å². The van der Waals surface area contributed by atoms with E-state index in [0.717, 1.165) is 19.6 Å². The molecule has 0 unspecified atom stereocenters. The molecule has 1 amide bonds. The van der Waals surface area contributed by atoms with E-state index in [1.165, 1.54) is 12.8 Å². The molecule has 0 saturated carbocycles. The van der Waals surface area contributed by atoms with Crippen molar-refractivity contribution in [3.63, 3.8) is 0 Å². The van der Waals surface area contributed by atoms with Crippen LogP contribution in [-0.2, 0) is 4.79 Å². The Hall–Kier alpha value is -1.26. The van der Waals surface area contributed by atoms with E-state index in [1.807, 2.05) is 0 Å². The van der Waals surface area contributed by atoms with Gasteiger partial charge in [0.15, 0.2) is 0 Å². The monoisotopic (exact) mass is 309 g/mol. The van der Waals surface area contributed by atoms with E-state index in [-0.39, 0.29) is 5.91 Å². The fraction of sp³-hybridized carbons (Fsp3) is 0.562. The summed E-state index contributed by atoms with van der Waals surface area (Å²) in [5, 5.41) is 3.40. The number of hydrogen-bond acceptors (Lipinski definition) is 3. The molecule has 5 heteroatoms. The van der Waals surface area contributed by atoms with Crippen LogP contribution in [0.1, 0.15) is 33.1 Å². The normalized spacial score (nSPS) is 18.4. The fourth-order valence-electron chi connectivity index (χ4n) is 2.49. The average Bonchev–Trinajstić information content (AvgIpc) is 2.42. The van der Waals surface area contributed by atoms with E-state index in [4.69, 9.17) is 17.3 Å². The summed E-state index contributed by atoms with van der Waals surface area (Å²) in [7, 11) is 0. The van der Waals surface area contributed by atoms with Crippen molar-refractivity contribution in [2.75, 3.05) is 30.7 Å². The largest absolute Gasteiger partial charge is 0.397 e. The van der Waals surface area contributed by atoms with Crippen molar-refractivity contribution in [2.45, 2.75) is 33.1 Å². The number of carbonyl (C=O) groups excluding carboxylic acids is 1. The molecule has 1 saturated heterocycles. The first-order valence-electron chi connectivity index (χ1n) is 7.43. The molecule has 0 aliphatic carbocycles. The zero-order chi connectivity index (χ0) is 15.5. The fourth-order valence-corrected chi connectivity index (χ4v) is 2.66. The van der Waals surface area contributed by atoms with Crippen LogP contribution >= 0.6 is 11.6 Å². The topological polar surface area (TPSA) is 58.4 Å². The van der Waals surface area contributed by atoms with E-state index in [0.29, 0.717) is 28.2 Å². The first-order valence-corrected chi connectivity index (χ1v) is 7.81. The number of benzene rings is 1. The van der Waals surface area contributed by atoms with Gasteiger partial charge in [-0.1, -0.05) is 25.4 Å². The van der Waals surface area contributed by atoms with Crippen LogP contribution in [0.25, 0.3) is 0 Å². The molecule has 1 fully saturated rings. The molecule has 0 radical (unpaired) electrons. The number of likely N-dealkylation sites (tertiary alicyclic amines) is 1. The minimum absolute atomic E-state index is 0.0196. The Bertz CT molecular complexity index is 506. The third kappa shape index (κ3) is 4.90. The molecule has 4 nitrogen and oxygen atoms in total. The van der Waals surface area contributed by atoms with Gasteiger partial charge in [-0.15, -0.1) is 0 Å². The maximum atomic E-state index is 12.0. The van der Waals surface area contributed by atoms with Gasteiger partial charge in [-0.25, -0.2) is 0 Å². The third-order valence-electron chi connectivity index (χ3n) is 4.15. The number of piperidine rings is 1. The summed E-state index contributed by atoms with van der Waals surface area (Å²) in [5.41, 5.74) is 7.39. The number of amides is 1. The first kappa shape index (κ1) is 16.1. The molecule has 0 bridgehead atoms. The lowest BCUT2D eigenvalue weighted by molar-refractivity contribution is -0.116. The number of hydrogen-bond donors (Lipinski definition) is 2. The first-order chi connectivity index (χ1) is 9.85. The summed E-state index contributed by atoms with van der Waals surface area (Å²) in [6.07, 6.45) is 2.86. The van der Waals surface area contributed by atoms with Crippen LogP contribution in [0.5, 0.6) is 0 Å². The smallest absolute Gasteiger partial charge is 0.225 e. The predicted octanol–water partition coefficient (Wildman–Crippen LogP) is 3.37. The lowest BCUT2D eigenvalue weighted by Crippen LogP contribution is -2.38. The highest BCUT2D eigenvalue weighted by atomic mass is 35.5. The molecular formula is C16H24ClN3O. The van der Waals surface area contributed by atoms with Crippen molar-refractivity contribution in [3.8, 4) is 0 Å². The van der Waals surface area contributed by atoms with Gasteiger partial charge in [0.05, 0.1) is 11.4 Å². The molecule has 1 aliphatic rings. The van der Waals surface area contributed by atoms with Gasteiger partial charge in [0, 0.05) is 18.0 Å². The molecule has 1 aromatic carbocycles. The van der Waals surface area contributed by atoms with Gasteiger partial charge in [0.1, 0.15) is 0 Å². The van der Waals surface area contributed by atoms with Crippen LogP contribution in [0.3, 0.4) is 0 Å². The molecule has 0 spiro atoms. The van der Waals surface area contributed by atoms with Gasteiger partial charge < -0.3 is 16.0 Å². The van der Waals surface area contributed by atoms with Crippen LogP contribution in [0.4, 0.5) is 11.4 Å². The molecule has 0 atom stereocenters. The lowest BCUT2D eigenvalue weighted by Gasteiger charge is -2.36. The predicted molar refractivity (Wildman–Crippen MR) is 88.6 cm³/mol. The summed E-state index contributed by atoms with van der Waals surface area (Å²) in [4.78, 5) is 14.4. The number of anilines is 2. The van der Waals surface area contributed by atoms with Gasteiger partial charge in [-0.3, -0.25) is 4.79 Å². The number of nitrogens with two attached hydrogens (primary N) is 1. The maximum Gasteiger partial charge on any atom is 0.225 e. The Morgan fingerprint density at radius 3 is 2.71 bits per heavy atom. The zero-order valence-corrected chi connectivity index (χ0v) is 13.5. The summed E-state index contributed by atoms with van der Waals surface area (Å²) in [6.45, 7) is 7.54. The molecule has 21 heavy (non-hydrogen) atoms. The van der Waals surface area contributed by atoms with Crippen LogP contribution < -0.4 is 11.1 Å². The molecule has 1 aromatic rings. The minimum Gasteiger partial charge on any atom is -0.397 e. The van der Waals surface area contributed by atoms with E-state index in [2.05, 4.69) is 24.1 Å². The zero-order valence-electron chi connectivity index (χ0n) is 12.8. The van der Waals surface area contributed by atoms with E-state index in [1.54, 1.807) is 18.2 Å². The summed E-state index contributed by atoms with van der Waals surface area (Å²) >= 11 is 5.91. The molecule has 0 aromatic heterocycles. The van der Waals surface area contributed by atoms with Gasteiger partial charge >= 0.3 is 0 Å². The molecule has 2 rings (SSSR count). The molecular weight excluding hydrogens is 286 g/mol. The lowest BCUT2D eigenvalue weighted by atomic mass is 9.83. The van der Waals surface area contributed by atoms with Gasteiger partial charge in [0.2, 0.25) is 5.91 Å². The van der Waals surface area contributed by atoms with Crippen LogP contribution in [0, 0.1) is 5.41 Å². The van der Waals surface area contributed by atoms with Crippen LogP contribution in [0.2, 0.25) is 5.02 Å². The Morgan fingerprint density at radius 2 is 2.05 bits per heavy atom. The second-order valence-corrected chi connectivity index (χ2v) is 6.97. The highest BCUT2D eigenvalue weighted by Crippen LogP contribution is 2.29. The highest BCUT2D eigenvalue weighted by molar-refractivity contribution is 6.31. The SMILES string of the molecule is CC1(C)CCN(CCC(=O)Nc2cc(Cl)ccc2N)CC1. The number of rotatable bonds is 4. The molecule has 3 N–H and O–H groups in total. The molecule has 1 aliphatic heterocycles. The number of nitrogens with one attached hydrogen (secondary N) is 1. The number of carbonyl (C=O) groups is 1. The Labute approximate surface area is 131 Å².